The third-order valence-corrected chi connectivity index (χ3v) is 4.42. The topological polar surface area (TPSA) is 87.7 Å². The minimum Gasteiger partial charge on any atom is -0.435 e. The van der Waals surface area contributed by atoms with E-state index in [9.17, 15) is 23.2 Å². The standard InChI is InChI=1S/C19H25F2N3O4/c1-12(2)10-22-15(25)11-24-16(26)19(3,23-18(24)27)9-8-13-4-6-14(7-5-13)28-17(20)21/h4-7,12,17H,8-11H2,1-3H3,(H,22,25)(H,23,27). The zero-order valence-electron chi connectivity index (χ0n) is 16.1. The van der Waals surface area contributed by atoms with Gasteiger partial charge < -0.3 is 15.4 Å². The van der Waals surface area contributed by atoms with Crippen molar-refractivity contribution in [2.45, 2.75) is 45.8 Å². The van der Waals surface area contributed by atoms with Gasteiger partial charge >= 0.3 is 12.6 Å². The van der Waals surface area contributed by atoms with Crippen molar-refractivity contribution in [2.24, 2.45) is 5.92 Å². The fraction of sp³-hybridized carbons (Fsp3) is 0.526. The molecule has 1 saturated heterocycles. The number of amides is 4. The largest absolute Gasteiger partial charge is 0.435 e. The summed E-state index contributed by atoms with van der Waals surface area (Å²) in [7, 11) is 0. The van der Waals surface area contributed by atoms with E-state index in [2.05, 4.69) is 15.4 Å². The van der Waals surface area contributed by atoms with Gasteiger partial charge in [-0.25, -0.2) is 4.79 Å². The summed E-state index contributed by atoms with van der Waals surface area (Å²) in [4.78, 5) is 37.7. The van der Waals surface area contributed by atoms with E-state index in [1.807, 2.05) is 13.8 Å². The number of ether oxygens (including phenoxy) is 1. The highest BCUT2D eigenvalue weighted by Gasteiger charge is 2.47. The molecule has 0 saturated carbocycles. The van der Waals surface area contributed by atoms with Gasteiger partial charge in [-0.1, -0.05) is 26.0 Å². The summed E-state index contributed by atoms with van der Waals surface area (Å²) in [5.41, 5.74) is -0.328. The Labute approximate surface area is 162 Å². The first-order valence-electron chi connectivity index (χ1n) is 9.05. The van der Waals surface area contributed by atoms with Gasteiger partial charge in [0, 0.05) is 6.54 Å². The van der Waals surface area contributed by atoms with Gasteiger partial charge in [0.25, 0.3) is 5.91 Å². The summed E-state index contributed by atoms with van der Waals surface area (Å²) >= 11 is 0. The molecule has 0 spiro atoms. The molecule has 4 amide bonds. The molecule has 1 aromatic rings. The number of nitrogens with zero attached hydrogens (tertiary/aromatic N) is 1. The molecule has 2 N–H and O–H groups in total. The molecule has 0 aromatic heterocycles. The van der Waals surface area contributed by atoms with E-state index in [4.69, 9.17) is 0 Å². The second-order valence-corrected chi connectivity index (χ2v) is 7.37. The van der Waals surface area contributed by atoms with Crippen LogP contribution in [-0.2, 0) is 16.0 Å². The highest BCUT2D eigenvalue weighted by atomic mass is 19.3. The van der Waals surface area contributed by atoms with Crippen molar-refractivity contribution >= 4 is 17.8 Å². The van der Waals surface area contributed by atoms with Crippen molar-refractivity contribution in [1.29, 1.82) is 0 Å². The molecule has 1 unspecified atom stereocenters. The van der Waals surface area contributed by atoms with Gasteiger partial charge in [-0.05, 0) is 43.4 Å². The van der Waals surface area contributed by atoms with E-state index >= 15 is 0 Å². The molecule has 28 heavy (non-hydrogen) atoms. The third-order valence-electron chi connectivity index (χ3n) is 4.42. The van der Waals surface area contributed by atoms with Crippen molar-refractivity contribution in [2.75, 3.05) is 13.1 Å². The average Bonchev–Trinajstić information content (AvgIpc) is 2.82. The Hall–Kier alpha value is -2.71. The fourth-order valence-corrected chi connectivity index (χ4v) is 2.81. The highest BCUT2D eigenvalue weighted by molar-refractivity contribution is 6.08. The third kappa shape index (κ3) is 5.64. The number of carbonyl (C=O) groups excluding carboxylic acids is 3. The van der Waals surface area contributed by atoms with E-state index in [1.54, 1.807) is 19.1 Å². The predicted molar refractivity (Wildman–Crippen MR) is 97.9 cm³/mol. The van der Waals surface area contributed by atoms with Gasteiger partial charge in [-0.15, -0.1) is 0 Å². The van der Waals surface area contributed by atoms with E-state index in [0.29, 0.717) is 19.4 Å². The number of aryl methyl sites for hydroxylation is 1. The lowest BCUT2D eigenvalue weighted by Gasteiger charge is -2.21. The summed E-state index contributed by atoms with van der Waals surface area (Å²) in [6, 6.07) is 5.49. The van der Waals surface area contributed by atoms with Crippen molar-refractivity contribution in [3.63, 3.8) is 0 Å². The lowest BCUT2D eigenvalue weighted by Crippen LogP contribution is -2.45. The van der Waals surface area contributed by atoms with Crippen molar-refractivity contribution in [3.8, 4) is 5.75 Å². The smallest absolute Gasteiger partial charge is 0.387 e. The van der Waals surface area contributed by atoms with Crippen LogP contribution in [0.4, 0.5) is 13.6 Å². The van der Waals surface area contributed by atoms with Crippen molar-refractivity contribution in [3.05, 3.63) is 29.8 Å². The number of alkyl halides is 2. The van der Waals surface area contributed by atoms with E-state index in [1.165, 1.54) is 12.1 Å². The van der Waals surface area contributed by atoms with Crippen LogP contribution in [0.5, 0.6) is 5.75 Å². The second kappa shape index (κ2) is 8.99. The van der Waals surface area contributed by atoms with Gasteiger partial charge in [0.2, 0.25) is 5.91 Å². The molecule has 154 valence electrons. The SMILES string of the molecule is CC(C)CNC(=O)CN1C(=O)NC(C)(CCc2ccc(OC(F)F)cc2)C1=O. The number of hydrogen-bond donors (Lipinski definition) is 2. The molecular weight excluding hydrogens is 372 g/mol. The van der Waals surface area contributed by atoms with Gasteiger partial charge in [-0.2, -0.15) is 8.78 Å². The van der Waals surface area contributed by atoms with Crippen LogP contribution in [0, 0.1) is 5.92 Å². The summed E-state index contributed by atoms with van der Waals surface area (Å²) in [6.45, 7) is 2.74. The van der Waals surface area contributed by atoms with Crippen LogP contribution < -0.4 is 15.4 Å². The van der Waals surface area contributed by atoms with Gasteiger partial charge in [0.15, 0.2) is 0 Å². The molecule has 1 aliphatic heterocycles. The summed E-state index contributed by atoms with van der Waals surface area (Å²) in [5.74, 6) is -0.547. The minimum absolute atomic E-state index is 0.0498. The van der Waals surface area contributed by atoms with Crippen LogP contribution in [0.25, 0.3) is 0 Å². The average molecular weight is 397 g/mol. The number of nitrogens with one attached hydrogen (secondary N) is 2. The van der Waals surface area contributed by atoms with Crippen LogP contribution in [0.3, 0.4) is 0 Å². The molecule has 0 radical (unpaired) electrons. The first kappa shape index (κ1) is 21.6. The maximum atomic E-state index is 12.7. The monoisotopic (exact) mass is 397 g/mol. The molecule has 7 nitrogen and oxygen atoms in total. The molecule has 1 heterocycles. The number of hydrogen-bond acceptors (Lipinski definition) is 4. The Kier molecular flexibility index (Phi) is 6.93. The molecule has 1 atom stereocenters. The minimum atomic E-state index is -2.89. The van der Waals surface area contributed by atoms with Crippen molar-refractivity contribution in [1.82, 2.24) is 15.5 Å². The Morgan fingerprint density at radius 1 is 1.25 bits per heavy atom. The molecule has 1 aromatic carbocycles. The molecule has 0 bridgehead atoms. The van der Waals surface area contributed by atoms with Gasteiger partial charge in [-0.3, -0.25) is 14.5 Å². The molecular formula is C19H25F2N3O4. The Balaban J connectivity index is 1.93. The van der Waals surface area contributed by atoms with Crippen LogP contribution >= 0.6 is 0 Å². The van der Waals surface area contributed by atoms with Crippen LogP contribution in [0.15, 0.2) is 24.3 Å². The molecule has 1 aliphatic rings. The Bertz CT molecular complexity index is 724. The Morgan fingerprint density at radius 2 is 1.89 bits per heavy atom. The summed E-state index contributed by atoms with van der Waals surface area (Å²) < 4.78 is 28.7. The summed E-state index contributed by atoms with van der Waals surface area (Å²) in [5, 5.41) is 5.32. The maximum absolute atomic E-state index is 12.7. The summed E-state index contributed by atoms with van der Waals surface area (Å²) in [6.07, 6.45) is 0.738. The number of rotatable bonds is 9. The van der Waals surface area contributed by atoms with E-state index in [-0.39, 0.29) is 18.2 Å². The van der Waals surface area contributed by atoms with Gasteiger partial charge in [0.05, 0.1) is 0 Å². The molecule has 2 rings (SSSR count). The fourth-order valence-electron chi connectivity index (χ4n) is 2.81. The zero-order chi connectivity index (χ0) is 20.9. The molecule has 9 heteroatoms. The number of halogens is 2. The highest BCUT2D eigenvalue weighted by Crippen LogP contribution is 2.24. The van der Waals surface area contributed by atoms with Crippen LogP contribution in [-0.4, -0.2) is 48.0 Å². The first-order chi connectivity index (χ1) is 13.1. The maximum Gasteiger partial charge on any atom is 0.387 e. The zero-order valence-corrected chi connectivity index (χ0v) is 16.1. The van der Waals surface area contributed by atoms with Crippen LogP contribution in [0.1, 0.15) is 32.8 Å². The molecule has 0 aliphatic carbocycles. The predicted octanol–water partition coefficient (Wildman–Crippen LogP) is 2.30. The number of benzene rings is 1. The molecule has 1 fully saturated rings. The number of urea groups is 1. The van der Waals surface area contributed by atoms with Gasteiger partial charge in [0.1, 0.15) is 17.8 Å². The van der Waals surface area contributed by atoms with Crippen LogP contribution in [0.2, 0.25) is 0 Å². The lowest BCUT2D eigenvalue weighted by atomic mass is 9.93. The van der Waals surface area contributed by atoms with E-state index in [0.717, 1.165) is 10.5 Å². The quantitative estimate of drug-likeness (QED) is 0.626. The van der Waals surface area contributed by atoms with E-state index < -0.39 is 30.0 Å². The number of imide groups is 1. The number of carbonyl (C=O) groups is 3. The first-order valence-corrected chi connectivity index (χ1v) is 9.05. The second-order valence-electron chi connectivity index (χ2n) is 7.37. The lowest BCUT2D eigenvalue weighted by molar-refractivity contribution is -0.134. The Morgan fingerprint density at radius 3 is 2.46 bits per heavy atom. The normalized spacial score (nSPS) is 19.3. The van der Waals surface area contributed by atoms with Crippen molar-refractivity contribution < 1.29 is 27.9 Å².